The minimum Gasteiger partial charge on any atom is -0.469 e. The number of ether oxygens (including phenoxy) is 2. The molecule has 3 rings (SSSR count). The first-order valence-electron chi connectivity index (χ1n) is 9.51. The number of hydrogen-bond acceptors (Lipinski definition) is 6. The molecule has 0 saturated carbocycles. The van der Waals surface area contributed by atoms with Crippen LogP contribution >= 0.6 is 0 Å². The molecule has 7 heteroatoms. The van der Waals surface area contributed by atoms with Crippen LogP contribution in [0.4, 0.5) is 0 Å². The molecule has 0 saturated heterocycles. The first-order chi connectivity index (χ1) is 13.6. The Bertz CT molecular complexity index is 894. The van der Waals surface area contributed by atoms with E-state index in [1.807, 2.05) is 24.3 Å². The van der Waals surface area contributed by atoms with Crippen LogP contribution in [0.1, 0.15) is 47.3 Å². The van der Waals surface area contributed by atoms with Crippen LogP contribution in [0.15, 0.2) is 24.3 Å². The second kappa shape index (κ2) is 9.30. The molecule has 0 fully saturated rings. The van der Waals surface area contributed by atoms with Crippen molar-refractivity contribution in [3.8, 4) is 0 Å². The van der Waals surface area contributed by atoms with Crippen molar-refractivity contribution < 1.29 is 23.9 Å². The van der Waals surface area contributed by atoms with E-state index in [4.69, 9.17) is 9.72 Å². The minimum absolute atomic E-state index is 0.228. The number of aromatic nitrogens is 1. The Morgan fingerprint density at radius 3 is 2.75 bits per heavy atom. The summed E-state index contributed by atoms with van der Waals surface area (Å²) in [4.78, 5) is 40.5. The highest BCUT2D eigenvalue weighted by Crippen LogP contribution is 2.29. The Kier molecular flexibility index (Phi) is 6.57. The van der Waals surface area contributed by atoms with Gasteiger partial charge in [0.15, 0.2) is 6.61 Å². The van der Waals surface area contributed by atoms with Gasteiger partial charge in [-0.25, -0.2) is 4.79 Å². The number of rotatable bonds is 7. The third-order valence-electron chi connectivity index (χ3n) is 4.82. The van der Waals surface area contributed by atoms with Crippen LogP contribution < -0.4 is 5.32 Å². The summed E-state index contributed by atoms with van der Waals surface area (Å²) in [5, 5.41) is 3.39. The lowest BCUT2D eigenvalue weighted by molar-refractivity contribution is -0.140. The van der Waals surface area contributed by atoms with Crippen molar-refractivity contribution in [1.82, 2.24) is 10.3 Å². The summed E-state index contributed by atoms with van der Waals surface area (Å²) < 4.78 is 9.83. The maximum Gasteiger partial charge on any atom is 0.339 e. The summed E-state index contributed by atoms with van der Waals surface area (Å²) in [6.07, 6.45) is 4.40. The number of para-hydroxylation sites is 1. The van der Waals surface area contributed by atoms with Gasteiger partial charge in [0.2, 0.25) is 0 Å². The highest BCUT2D eigenvalue weighted by Gasteiger charge is 2.24. The SMILES string of the molecule is COC(=O)CCCNC(=O)COC(=O)c1c2c(nc3ccccc13)CCCC2. The van der Waals surface area contributed by atoms with E-state index in [0.29, 0.717) is 18.5 Å². The average Bonchev–Trinajstić information content (AvgIpc) is 2.73. The van der Waals surface area contributed by atoms with Gasteiger partial charge in [0.1, 0.15) is 0 Å². The average molecular weight is 384 g/mol. The number of pyridine rings is 1. The summed E-state index contributed by atoms with van der Waals surface area (Å²) in [7, 11) is 1.32. The highest BCUT2D eigenvalue weighted by atomic mass is 16.5. The molecule has 0 atom stereocenters. The number of hydrogen-bond donors (Lipinski definition) is 1. The van der Waals surface area contributed by atoms with Gasteiger partial charge in [0, 0.05) is 24.0 Å². The summed E-state index contributed by atoms with van der Waals surface area (Å²) in [6, 6.07) is 7.50. The molecule has 28 heavy (non-hydrogen) atoms. The fraction of sp³-hybridized carbons (Fsp3) is 0.429. The fourth-order valence-electron chi connectivity index (χ4n) is 3.42. The monoisotopic (exact) mass is 384 g/mol. The van der Waals surface area contributed by atoms with Gasteiger partial charge in [-0.1, -0.05) is 18.2 Å². The van der Waals surface area contributed by atoms with Crippen LogP contribution in [0.2, 0.25) is 0 Å². The third-order valence-corrected chi connectivity index (χ3v) is 4.82. The van der Waals surface area contributed by atoms with E-state index < -0.39 is 11.9 Å². The zero-order valence-electron chi connectivity index (χ0n) is 16.0. The van der Waals surface area contributed by atoms with Crippen LogP contribution in [0.3, 0.4) is 0 Å². The number of esters is 2. The molecule has 7 nitrogen and oxygen atoms in total. The largest absolute Gasteiger partial charge is 0.469 e. The molecule has 0 spiro atoms. The minimum atomic E-state index is -0.499. The third kappa shape index (κ3) is 4.65. The molecule has 1 aliphatic rings. The highest BCUT2D eigenvalue weighted by molar-refractivity contribution is 6.05. The van der Waals surface area contributed by atoms with Gasteiger partial charge in [-0.2, -0.15) is 0 Å². The number of carbonyl (C=O) groups is 3. The Morgan fingerprint density at radius 2 is 1.93 bits per heavy atom. The van der Waals surface area contributed by atoms with Gasteiger partial charge in [-0.3, -0.25) is 14.6 Å². The lowest BCUT2D eigenvalue weighted by Gasteiger charge is -2.19. The van der Waals surface area contributed by atoms with Gasteiger partial charge in [0.25, 0.3) is 5.91 Å². The van der Waals surface area contributed by atoms with Crippen molar-refractivity contribution in [3.05, 3.63) is 41.1 Å². The van der Waals surface area contributed by atoms with Crippen molar-refractivity contribution in [3.63, 3.8) is 0 Å². The maximum atomic E-state index is 12.8. The van der Waals surface area contributed by atoms with Crippen molar-refractivity contribution in [2.24, 2.45) is 0 Å². The van der Waals surface area contributed by atoms with Crippen LogP contribution in [0.25, 0.3) is 10.9 Å². The molecule has 1 aromatic heterocycles. The van der Waals surface area contributed by atoms with Gasteiger partial charge in [-0.05, 0) is 43.7 Å². The van der Waals surface area contributed by atoms with E-state index in [1.165, 1.54) is 7.11 Å². The summed E-state index contributed by atoms with van der Waals surface area (Å²) in [5.74, 6) is -1.22. The fourth-order valence-corrected chi connectivity index (χ4v) is 3.42. The number of amides is 1. The molecule has 0 radical (unpaired) electrons. The molecule has 0 bridgehead atoms. The van der Waals surface area contributed by atoms with Crippen LogP contribution in [-0.2, 0) is 31.9 Å². The normalized spacial score (nSPS) is 12.9. The van der Waals surface area contributed by atoms with E-state index in [2.05, 4.69) is 10.1 Å². The Labute approximate surface area is 163 Å². The van der Waals surface area contributed by atoms with Gasteiger partial charge < -0.3 is 14.8 Å². The second-order valence-corrected chi connectivity index (χ2v) is 6.74. The topological polar surface area (TPSA) is 94.6 Å². The van der Waals surface area contributed by atoms with Crippen molar-refractivity contribution in [2.45, 2.75) is 38.5 Å². The first-order valence-corrected chi connectivity index (χ1v) is 9.51. The molecule has 1 N–H and O–H groups in total. The molecule has 2 aromatic rings. The number of nitrogens with zero attached hydrogens (tertiary/aromatic N) is 1. The summed E-state index contributed by atoms with van der Waals surface area (Å²) in [6.45, 7) is -0.0401. The molecular weight excluding hydrogens is 360 g/mol. The molecule has 1 aromatic carbocycles. The van der Waals surface area contributed by atoms with E-state index in [-0.39, 0.29) is 19.0 Å². The number of fused-ring (bicyclic) bond motifs is 2. The molecule has 1 aliphatic carbocycles. The Morgan fingerprint density at radius 1 is 1.14 bits per heavy atom. The molecule has 0 unspecified atom stereocenters. The van der Waals surface area contributed by atoms with Gasteiger partial charge >= 0.3 is 11.9 Å². The molecule has 0 aliphatic heterocycles. The van der Waals surface area contributed by atoms with Crippen LogP contribution in [-0.4, -0.2) is 43.1 Å². The number of benzene rings is 1. The predicted molar refractivity (Wildman–Crippen MR) is 103 cm³/mol. The van der Waals surface area contributed by atoms with E-state index in [0.717, 1.165) is 47.8 Å². The standard InChI is InChI=1S/C21H24N2O5/c1-27-19(25)11-6-12-22-18(24)13-28-21(26)20-14-7-2-4-9-16(14)23-17-10-5-3-8-15(17)20/h2,4,7,9H,3,5-6,8,10-13H2,1H3,(H,22,24). The lowest BCUT2D eigenvalue weighted by Crippen LogP contribution is -2.30. The van der Waals surface area contributed by atoms with Crippen LogP contribution in [0.5, 0.6) is 0 Å². The first kappa shape index (κ1) is 19.8. The van der Waals surface area contributed by atoms with Gasteiger partial charge in [0.05, 0.1) is 18.2 Å². The van der Waals surface area contributed by atoms with Crippen molar-refractivity contribution in [1.29, 1.82) is 0 Å². The quantitative estimate of drug-likeness (QED) is 0.582. The predicted octanol–water partition coefficient (Wildman–Crippen LogP) is 2.34. The zero-order valence-corrected chi connectivity index (χ0v) is 16.0. The molecular formula is C21H24N2O5. The maximum absolute atomic E-state index is 12.8. The summed E-state index contributed by atoms with van der Waals surface area (Å²) in [5.41, 5.74) is 3.18. The molecule has 1 heterocycles. The van der Waals surface area contributed by atoms with E-state index >= 15 is 0 Å². The molecule has 1 amide bonds. The number of methoxy groups -OCH3 is 1. The number of carbonyl (C=O) groups excluding carboxylic acids is 3. The Balaban J connectivity index is 1.65. The van der Waals surface area contributed by atoms with E-state index in [9.17, 15) is 14.4 Å². The second-order valence-electron chi connectivity index (χ2n) is 6.74. The number of aryl methyl sites for hydroxylation is 1. The molecule has 148 valence electrons. The smallest absolute Gasteiger partial charge is 0.339 e. The number of nitrogens with one attached hydrogen (secondary N) is 1. The van der Waals surface area contributed by atoms with Crippen molar-refractivity contribution >= 4 is 28.7 Å². The summed E-state index contributed by atoms with van der Waals surface area (Å²) >= 11 is 0. The Hall–Kier alpha value is -2.96. The van der Waals surface area contributed by atoms with Gasteiger partial charge in [-0.15, -0.1) is 0 Å². The van der Waals surface area contributed by atoms with Crippen LogP contribution in [0, 0.1) is 0 Å². The lowest BCUT2D eigenvalue weighted by atomic mass is 9.90. The van der Waals surface area contributed by atoms with E-state index in [1.54, 1.807) is 0 Å². The van der Waals surface area contributed by atoms with Crippen molar-refractivity contribution in [2.75, 3.05) is 20.3 Å². The zero-order chi connectivity index (χ0) is 19.9.